The molecule has 128 valence electrons. The molecule has 0 radical (unpaired) electrons. The Balaban J connectivity index is 1.85. The fraction of sp³-hybridized carbons (Fsp3) is 0.400. The Kier molecular flexibility index (Phi) is 5.07. The highest BCUT2D eigenvalue weighted by Crippen LogP contribution is 2.33. The van der Waals surface area contributed by atoms with Crippen LogP contribution in [0.3, 0.4) is 0 Å². The number of aliphatic hydroxyl groups excluding tert-OH is 2. The highest BCUT2D eigenvalue weighted by molar-refractivity contribution is 5.57. The minimum absolute atomic E-state index is 0.0506. The second-order valence-corrected chi connectivity index (χ2v) is 6.63. The Hall–Kier alpha value is -2.04. The van der Waals surface area contributed by atoms with Crippen LogP contribution < -0.4 is 9.64 Å². The Morgan fingerprint density at radius 3 is 2.67 bits per heavy atom. The van der Waals surface area contributed by atoms with E-state index >= 15 is 0 Å². The van der Waals surface area contributed by atoms with Gasteiger partial charge in [0.05, 0.1) is 12.7 Å². The molecule has 24 heavy (non-hydrogen) atoms. The number of anilines is 1. The Bertz CT molecular complexity index is 699. The molecule has 1 atom stereocenters. The summed E-state index contributed by atoms with van der Waals surface area (Å²) in [6.45, 7) is 5.66. The van der Waals surface area contributed by atoms with Crippen LogP contribution in [-0.2, 0) is 6.61 Å². The van der Waals surface area contributed by atoms with Gasteiger partial charge in [0.2, 0.25) is 0 Å². The third-order valence-corrected chi connectivity index (χ3v) is 4.49. The van der Waals surface area contributed by atoms with Gasteiger partial charge in [-0.2, -0.15) is 0 Å². The summed E-state index contributed by atoms with van der Waals surface area (Å²) >= 11 is 0. The first kappa shape index (κ1) is 16.8. The minimum Gasteiger partial charge on any atom is -0.457 e. The molecule has 1 heterocycles. The largest absolute Gasteiger partial charge is 0.457 e. The van der Waals surface area contributed by atoms with Gasteiger partial charge in [0.15, 0.2) is 0 Å². The molecule has 2 aromatic carbocycles. The van der Waals surface area contributed by atoms with Crippen LogP contribution in [0.15, 0.2) is 42.5 Å². The molecule has 4 heteroatoms. The summed E-state index contributed by atoms with van der Waals surface area (Å²) < 4.78 is 6.07. The first-order valence-corrected chi connectivity index (χ1v) is 8.52. The fourth-order valence-corrected chi connectivity index (χ4v) is 3.20. The first-order chi connectivity index (χ1) is 11.6. The number of benzene rings is 2. The van der Waals surface area contributed by atoms with Gasteiger partial charge in [-0.05, 0) is 42.2 Å². The van der Waals surface area contributed by atoms with Gasteiger partial charge in [0, 0.05) is 24.3 Å². The molecule has 0 aromatic heterocycles. The van der Waals surface area contributed by atoms with Crippen molar-refractivity contribution in [3.8, 4) is 11.5 Å². The predicted molar refractivity (Wildman–Crippen MR) is 95.8 cm³/mol. The maximum atomic E-state index is 9.73. The fourth-order valence-electron chi connectivity index (χ4n) is 3.20. The zero-order valence-electron chi connectivity index (χ0n) is 14.3. The molecule has 0 spiro atoms. The number of β-amino-alcohol motifs (C(OH)–C–C–N with tert-alkyl or cyclic N) is 1. The van der Waals surface area contributed by atoms with Crippen LogP contribution in [0.25, 0.3) is 0 Å². The zero-order chi connectivity index (χ0) is 17.1. The van der Waals surface area contributed by atoms with E-state index in [1.165, 1.54) is 0 Å². The first-order valence-electron chi connectivity index (χ1n) is 8.52. The number of ether oxygens (including phenoxy) is 1. The van der Waals surface area contributed by atoms with Crippen molar-refractivity contribution in [3.63, 3.8) is 0 Å². The van der Waals surface area contributed by atoms with E-state index in [1.807, 2.05) is 36.4 Å². The van der Waals surface area contributed by atoms with Crippen LogP contribution in [0.5, 0.6) is 11.5 Å². The van der Waals surface area contributed by atoms with Crippen molar-refractivity contribution in [2.75, 3.05) is 18.0 Å². The quantitative estimate of drug-likeness (QED) is 0.880. The maximum absolute atomic E-state index is 9.73. The lowest BCUT2D eigenvalue weighted by Gasteiger charge is -2.22. The third kappa shape index (κ3) is 3.55. The number of aliphatic hydroxyl groups is 2. The van der Waals surface area contributed by atoms with Crippen LogP contribution in [0, 0.1) is 0 Å². The highest BCUT2D eigenvalue weighted by Gasteiger charge is 2.22. The van der Waals surface area contributed by atoms with E-state index in [1.54, 1.807) is 0 Å². The molecule has 1 fully saturated rings. The van der Waals surface area contributed by atoms with E-state index in [0.29, 0.717) is 12.5 Å². The standard InChI is InChI=1S/C20H25NO3/c1-14(2)18-5-3-4-6-20(18)24-17-7-8-19(15(11-17)13-22)21-10-9-16(23)12-21/h3-8,11,14,16,22-23H,9-10,12-13H2,1-2H3/t16-/m0/s1. The van der Waals surface area contributed by atoms with Crippen molar-refractivity contribution in [2.45, 2.75) is 38.9 Å². The lowest BCUT2D eigenvalue weighted by molar-refractivity contribution is 0.198. The van der Waals surface area contributed by atoms with Gasteiger partial charge >= 0.3 is 0 Å². The Labute approximate surface area is 143 Å². The molecule has 3 rings (SSSR count). The number of rotatable bonds is 5. The van der Waals surface area contributed by atoms with E-state index in [-0.39, 0.29) is 12.7 Å². The molecular weight excluding hydrogens is 302 g/mol. The van der Waals surface area contributed by atoms with E-state index < -0.39 is 0 Å². The molecule has 0 saturated carbocycles. The number of hydrogen-bond acceptors (Lipinski definition) is 4. The molecule has 2 N–H and O–H groups in total. The minimum atomic E-state index is -0.287. The normalized spacial score (nSPS) is 17.5. The summed E-state index contributed by atoms with van der Waals surface area (Å²) in [5, 5.41) is 19.5. The molecule has 0 amide bonds. The molecule has 0 bridgehead atoms. The summed E-state index contributed by atoms with van der Waals surface area (Å²) in [5.41, 5.74) is 2.96. The van der Waals surface area contributed by atoms with Crippen LogP contribution in [-0.4, -0.2) is 29.4 Å². The topological polar surface area (TPSA) is 52.9 Å². The number of hydrogen-bond donors (Lipinski definition) is 2. The van der Waals surface area contributed by atoms with Crippen LogP contribution in [0.4, 0.5) is 5.69 Å². The van der Waals surface area contributed by atoms with Crippen molar-refractivity contribution >= 4 is 5.69 Å². The molecule has 0 unspecified atom stereocenters. The van der Waals surface area contributed by atoms with Gasteiger partial charge in [-0.25, -0.2) is 0 Å². The number of nitrogens with zero attached hydrogens (tertiary/aromatic N) is 1. The van der Waals surface area contributed by atoms with Crippen LogP contribution in [0.2, 0.25) is 0 Å². The van der Waals surface area contributed by atoms with E-state index in [9.17, 15) is 10.2 Å². The predicted octanol–water partition coefficient (Wildman–Crippen LogP) is 3.67. The highest BCUT2D eigenvalue weighted by atomic mass is 16.5. The van der Waals surface area contributed by atoms with Gasteiger partial charge in [-0.15, -0.1) is 0 Å². The van der Waals surface area contributed by atoms with E-state index in [4.69, 9.17) is 4.74 Å². The average Bonchev–Trinajstić information content (AvgIpc) is 3.01. The van der Waals surface area contributed by atoms with E-state index in [0.717, 1.165) is 41.3 Å². The molecule has 0 aliphatic carbocycles. The second kappa shape index (κ2) is 7.24. The third-order valence-electron chi connectivity index (χ3n) is 4.49. The molecular formula is C20H25NO3. The smallest absolute Gasteiger partial charge is 0.130 e. The summed E-state index contributed by atoms with van der Waals surface area (Å²) in [6, 6.07) is 13.8. The van der Waals surface area contributed by atoms with Crippen molar-refractivity contribution in [1.29, 1.82) is 0 Å². The van der Waals surface area contributed by atoms with Gasteiger partial charge < -0.3 is 19.8 Å². The summed E-state index contributed by atoms with van der Waals surface area (Å²) in [5.74, 6) is 1.94. The zero-order valence-corrected chi connectivity index (χ0v) is 14.3. The molecule has 2 aromatic rings. The lowest BCUT2D eigenvalue weighted by atomic mass is 10.0. The van der Waals surface area contributed by atoms with Crippen LogP contribution in [0.1, 0.15) is 37.3 Å². The summed E-state index contributed by atoms with van der Waals surface area (Å²) in [6.07, 6.45) is 0.482. The maximum Gasteiger partial charge on any atom is 0.130 e. The van der Waals surface area contributed by atoms with Crippen molar-refractivity contribution < 1.29 is 14.9 Å². The second-order valence-electron chi connectivity index (χ2n) is 6.63. The van der Waals surface area contributed by atoms with Gasteiger partial charge in [0.25, 0.3) is 0 Å². The summed E-state index contributed by atoms with van der Waals surface area (Å²) in [7, 11) is 0. The van der Waals surface area contributed by atoms with Crippen LogP contribution >= 0.6 is 0 Å². The average molecular weight is 327 g/mol. The Morgan fingerprint density at radius 2 is 2.00 bits per heavy atom. The summed E-state index contributed by atoms with van der Waals surface area (Å²) in [4.78, 5) is 2.11. The van der Waals surface area contributed by atoms with Gasteiger partial charge in [-0.1, -0.05) is 32.0 Å². The molecule has 1 aliphatic rings. The van der Waals surface area contributed by atoms with Crippen molar-refractivity contribution in [1.82, 2.24) is 0 Å². The van der Waals surface area contributed by atoms with Gasteiger partial charge in [-0.3, -0.25) is 0 Å². The Morgan fingerprint density at radius 1 is 1.21 bits per heavy atom. The monoisotopic (exact) mass is 327 g/mol. The number of para-hydroxylation sites is 1. The lowest BCUT2D eigenvalue weighted by Crippen LogP contribution is -2.22. The van der Waals surface area contributed by atoms with Gasteiger partial charge in [0.1, 0.15) is 11.5 Å². The molecule has 4 nitrogen and oxygen atoms in total. The molecule has 1 saturated heterocycles. The van der Waals surface area contributed by atoms with Crippen molar-refractivity contribution in [2.24, 2.45) is 0 Å². The SMILES string of the molecule is CC(C)c1ccccc1Oc1ccc(N2CC[C@H](O)C2)c(CO)c1. The van der Waals surface area contributed by atoms with E-state index in [2.05, 4.69) is 24.8 Å². The van der Waals surface area contributed by atoms with Crippen molar-refractivity contribution in [3.05, 3.63) is 53.6 Å². The molecule has 1 aliphatic heterocycles.